The predicted molar refractivity (Wildman–Crippen MR) is 87.9 cm³/mol. The molecule has 0 bridgehead atoms. The molecule has 22 heavy (non-hydrogen) atoms. The highest BCUT2D eigenvalue weighted by molar-refractivity contribution is 5.67. The van der Waals surface area contributed by atoms with Crippen LogP contribution in [0.25, 0.3) is 0 Å². The van der Waals surface area contributed by atoms with Gasteiger partial charge in [0.15, 0.2) is 0 Å². The summed E-state index contributed by atoms with van der Waals surface area (Å²) in [5, 5.41) is 13.1. The van der Waals surface area contributed by atoms with Crippen LogP contribution in [-0.2, 0) is 4.79 Å². The Labute approximate surface area is 134 Å². The minimum absolute atomic E-state index is 0.313. The molecule has 2 saturated carbocycles. The van der Waals surface area contributed by atoms with Crippen LogP contribution in [0, 0.1) is 11.8 Å². The number of piperidine rings is 1. The van der Waals surface area contributed by atoms with E-state index in [4.69, 9.17) is 0 Å². The highest BCUT2D eigenvalue weighted by atomic mass is 16.4. The second kappa shape index (κ2) is 7.31. The number of hydrogen-bond donors (Lipinski definition) is 2. The Morgan fingerprint density at radius 2 is 1.86 bits per heavy atom. The van der Waals surface area contributed by atoms with Gasteiger partial charge in [-0.1, -0.05) is 19.3 Å². The van der Waals surface area contributed by atoms with Crippen molar-refractivity contribution < 1.29 is 9.90 Å². The fourth-order valence-electron chi connectivity index (χ4n) is 4.57. The minimum Gasteiger partial charge on any atom is -0.481 e. The van der Waals surface area contributed by atoms with E-state index in [1.165, 1.54) is 44.9 Å². The van der Waals surface area contributed by atoms with E-state index in [2.05, 4.69) is 17.1 Å². The molecule has 1 saturated heterocycles. The standard InChI is InChI=1S/C18H32N2O2/c1-13(15-7-8-15)20-11-14(10-18(21)22)9-17(12-20)19-16-5-3-2-4-6-16/h13-17,19H,2-12H2,1H3,(H,21,22). The number of likely N-dealkylation sites (tertiary alicyclic amines) is 1. The van der Waals surface area contributed by atoms with Gasteiger partial charge < -0.3 is 10.4 Å². The molecule has 126 valence electrons. The van der Waals surface area contributed by atoms with Gasteiger partial charge in [-0.3, -0.25) is 9.69 Å². The van der Waals surface area contributed by atoms with E-state index in [1.807, 2.05) is 0 Å². The number of nitrogens with one attached hydrogen (secondary N) is 1. The van der Waals surface area contributed by atoms with Crippen LogP contribution >= 0.6 is 0 Å². The second-order valence-electron chi connectivity index (χ2n) is 7.93. The molecule has 3 rings (SSSR count). The number of carbonyl (C=O) groups is 1. The van der Waals surface area contributed by atoms with Gasteiger partial charge in [-0.15, -0.1) is 0 Å². The lowest BCUT2D eigenvalue weighted by atomic mass is 9.88. The van der Waals surface area contributed by atoms with Gasteiger partial charge in [-0.2, -0.15) is 0 Å². The first-order valence-electron chi connectivity index (χ1n) is 9.33. The molecule has 0 aromatic carbocycles. The first-order valence-corrected chi connectivity index (χ1v) is 9.33. The molecule has 2 aliphatic carbocycles. The lowest BCUT2D eigenvalue weighted by Gasteiger charge is -2.42. The average Bonchev–Trinajstić information content (AvgIpc) is 3.31. The van der Waals surface area contributed by atoms with Crippen molar-refractivity contribution in [2.45, 2.75) is 82.8 Å². The second-order valence-corrected chi connectivity index (χ2v) is 7.93. The lowest BCUT2D eigenvalue weighted by Crippen LogP contribution is -2.55. The summed E-state index contributed by atoms with van der Waals surface area (Å²) in [5.74, 6) is 0.537. The topological polar surface area (TPSA) is 52.6 Å². The Balaban J connectivity index is 1.58. The van der Waals surface area contributed by atoms with Gasteiger partial charge >= 0.3 is 5.97 Å². The Morgan fingerprint density at radius 3 is 2.50 bits per heavy atom. The fourth-order valence-corrected chi connectivity index (χ4v) is 4.57. The van der Waals surface area contributed by atoms with Crippen LogP contribution in [0.2, 0.25) is 0 Å². The van der Waals surface area contributed by atoms with Gasteiger partial charge in [0.1, 0.15) is 0 Å². The van der Waals surface area contributed by atoms with Gasteiger partial charge in [-0.25, -0.2) is 0 Å². The number of hydrogen-bond acceptors (Lipinski definition) is 3. The Kier molecular flexibility index (Phi) is 5.40. The lowest BCUT2D eigenvalue weighted by molar-refractivity contribution is -0.138. The average molecular weight is 308 g/mol. The van der Waals surface area contributed by atoms with Gasteiger partial charge in [0.05, 0.1) is 0 Å². The van der Waals surface area contributed by atoms with Gasteiger partial charge in [0.2, 0.25) is 0 Å². The molecule has 3 fully saturated rings. The maximum atomic E-state index is 11.1. The monoisotopic (exact) mass is 308 g/mol. The fraction of sp³-hybridized carbons (Fsp3) is 0.944. The van der Waals surface area contributed by atoms with Crippen molar-refractivity contribution in [1.29, 1.82) is 0 Å². The number of carboxylic acids is 1. The van der Waals surface area contributed by atoms with E-state index in [9.17, 15) is 9.90 Å². The van der Waals surface area contributed by atoms with E-state index in [1.54, 1.807) is 0 Å². The summed E-state index contributed by atoms with van der Waals surface area (Å²) in [4.78, 5) is 13.7. The predicted octanol–water partition coefficient (Wildman–Crippen LogP) is 2.87. The van der Waals surface area contributed by atoms with Crippen molar-refractivity contribution in [2.24, 2.45) is 11.8 Å². The molecule has 0 aromatic heterocycles. The Morgan fingerprint density at radius 1 is 1.14 bits per heavy atom. The largest absolute Gasteiger partial charge is 0.481 e. The first-order chi connectivity index (χ1) is 10.6. The van der Waals surface area contributed by atoms with Crippen LogP contribution in [0.4, 0.5) is 0 Å². The summed E-state index contributed by atoms with van der Waals surface area (Å²) >= 11 is 0. The zero-order chi connectivity index (χ0) is 15.5. The zero-order valence-corrected chi connectivity index (χ0v) is 14.0. The Hall–Kier alpha value is -0.610. The molecule has 4 nitrogen and oxygen atoms in total. The third-order valence-electron chi connectivity index (χ3n) is 5.99. The number of aliphatic carboxylic acids is 1. The number of rotatable bonds is 6. The SMILES string of the molecule is CC(C1CC1)N1CC(CC(=O)O)CC(NC2CCCCC2)C1. The van der Waals surface area contributed by atoms with Gasteiger partial charge in [0.25, 0.3) is 0 Å². The van der Waals surface area contributed by atoms with Gasteiger partial charge in [0, 0.05) is 37.6 Å². The molecule has 0 radical (unpaired) electrons. The van der Waals surface area contributed by atoms with Crippen LogP contribution in [0.15, 0.2) is 0 Å². The normalized spacial score (nSPS) is 32.8. The Bertz CT molecular complexity index is 377. The molecule has 4 heteroatoms. The summed E-state index contributed by atoms with van der Waals surface area (Å²) in [7, 11) is 0. The first kappa shape index (κ1) is 16.3. The number of nitrogens with zero attached hydrogens (tertiary/aromatic N) is 1. The molecule has 3 atom stereocenters. The summed E-state index contributed by atoms with van der Waals surface area (Å²) < 4.78 is 0. The molecule has 0 spiro atoms. The van der Waals surface area contributed by atoms with Crippen molar-refractivity contribution in [3.63, 3.8) is 0 Å². The van der Waals surface area contributed by atoms with Crippen LogP contribution < -0.4 is 5.32 Å². The van der Waals surface area contributed by atoms with Crippen LogP contribution in [0.3, 0.4) is 0 Å². The van der Waals surface area contributed by atoms with Crippen LogP contribution in [0.1, 0.15) is 64.7 Å². The van der Waals surface area contributed by atoms with Crippen LogP contribution in [0.5, 0.6) is 0 Å². The van der Waals surface area contributed by atoms with Crippen molar-refractivity contribution in [1.82, 2.24) is 10.2 Å². The molecule has 1 heterocycles. The van der Waals surface area contributed by atoms with Crippen molar-refractivity contribution in [3.8, 4) is 0 Å². The van der Waals surface area contributed by atoms with E-state index >= 15 is 0 Å². The number of carboxylic acid groups (broad SMARTS) is 1. The molecule has 1 aliphatic heterocycles. The maximum absolute atomic E-state index is 11.1. The highest BCUT2D eigenvalue weighted by Gasteiger charge is 2.37. The molecule has 0 amide bonds. The van der Waals surface area contributed by atoms with Crippen LogP contribution in [-0.4, -0.2) is 47.2 Å². The molecule has 2 N–H and O–H groups in total. The van der Waals surface area contributed by atoms with Crippen molar-refractivity contribution in [3.05, 3.63) is 0 Å². The minimum atomic E-state index is -0.637. The quantitative estimate of drug-likeness (QED) is 0.792. The zero-order valence-electron chi connectivity index (χ0n) is 14.0. The molecular formula is C18H32N2O2. The van der Waals surface area contributed by atoms with Gasteiger partial charge in [-0.05, 0) is 50.9 Å². The van der Waals surface area contributed by atoms with Crippen molar-refractivity contribution in [2.75, 3.05) is 13.1 Å². The smallest absolute Gasteiger partial charge is 0.303 e. The van der Waals surface area contributed by atoms with E-state index in [0.717, 1.165) is 25.4 Å². The van der Waals surface area contributed by atoms with E-state index in [-0.39, 0.29) is 0 Å². The highest BCUT2D eigenvalue weighted by Crippen LogP contribution is 2.37. The maximum Gasteiger partial charge on any atom is 0.303 e. The molecule has 3 unspecified atom stereocenters. The summed E-state index contributed by atoms with van der Waals surface area (Å²) in [6.07, 6.45) is 10.8. The third-order valence-corrected chi connectivity index (χ3v) is 5.99. The summed E-state index contributed by atoms with van der Waals surface area (Å²) in [5.41, 5.74) is 0. The third kappa shape index (κ3) is 4.45. The van der Waals surface area contributed by atoms with E-state index < -0.39 is 5.97 Å². The molecule has 3 aliphatic rings. The molecular weight excluding hydrogens is 276 g/mol. The van der Waals surface area contributed by atoms with E-state index in [0.29, 0.717) is 30.5 Å². The van der Waals surface area contributed by atoms with Crippen molar-refractivity contribution >= 4 is 5.97 Å². The summed E-state index contributed by atoms with van der Waals surface area (Å²) in [6.45, 7) is 4.44. The molecule has 0 aromatic rings. The summed E-state index contributed by atoms with van der Waals surface area (Å²) in [6, 6.07) is 1.79.